The zero-order valence-corrected chi connectivity index (χ0v) is 18.7. The highest BCUT2D eigenvalue weighted by Crippen LogP contribution is 2.23. The summed E-state index contributed by atoms with van der Waals surface area (Å²) in [6.07, 6.45) is 2.14. The normalized spacial score (nSPS) is 21.7. The first-order valence-electron chi connectivity index (χ1n) is 10.7. The highest BCUT2D eigenvalue weighted by Gasteiger charge is 2.31. The molecule has 0 aromatic heterocycles. The van der Waals surface area contributed by atoms with Crippen molar-refractivity contribution in [3.63, 3.8) is 0 Å². The minimum atomic E-state index is -0.198. The number of amides is 2. The number of aryl methyl sites for hydroxylation is 1. The number of carbonyl (C=O) groups is 2. The van der Waals surface area contributed by atoms with Crippen LogP contribution in [0.5, 0.6) is 0 Å². The molecule has 3 rings (SSSR count). The maximum absolute atomic E-state index is 12.9. The molecule has 0 saturated carbocycles. The van der Waals surface area contributed by atoms with Crippen molar-refractivity contribution in [3.05, 3.63) is 29.8 Å². The number of nitrogens with zero attached hydrogens (tertiary/aromatic N) is 3. The van der Waals surface area contributed by atoms with Gasteiger partial charge < -0.3 is 10.2 Å². The van der Waals surface area contributed by atoms with Gasteiger partial charge in [-0.25, -0.2) is 0 Å². The van der Waals surface area contributed by atoms with Crippen molar-refractivity contribution in [2.24, 2.45) is 0 Å². The molecule has 0 spiro atoms. The Labute approximate surface area is 179 Å². The van der Waals surface area contributed by atoms with E-state index in [4.69, 9.17) is 0 Å². The fraction of sp³-hybridized carbons (Fsp3) is 0.636. The van der Waals surface area contributed by atoms with Gasteiger partial charge in [0, 0.05) is 50.7 Å². The Hall–Kier alpha value is -1.57. The Morgan fingerprint density at radius 3 is 2.62 bits per heavy atom. The van der Waals surface area contributed by atoms with Crippen molar-refractivity contribution in [2.75, 3.05) is 56.6 Å². The first-order valence-corrected chi connectivity index (χ1v) is 11.8. The molecule has 2 saturated heterocycles. The van der Waals surface area contributed by atoms with Crippen molar-refractivity contribution in [1.82, 2.24) is 14.7 Å². The topological polar surface area (TPSA) is 55.9 Å². The predicted octanol–water partition coefficient (Wildman–Crippen LogP) is 2.16. The standard InChI is InChI=1S/C22H34N4O2S/c1-4-18-7-5-6-8-20(18)23-21(27)15-24(3)22(28)17(2)25-10-12-26(13-11-25)19-9-14-29-16-19/h5-8,17,19H,4,9-16H2,1-3H3,(H,23,27)/t17-,19+/m0/s1. The molecule has 0 bridgehead atoms. The number of anilines is 1. The number of rotatable bonds is 7. The highest BCUT2D eigenvalue weighted by molar-refractivity contribution is 7.99. The zero-order chi connectivity index (χ0) is 20.8. The Morgan fingerprint density at radius 2 is 1.97 bits per heavy atom. The molecule has 2 aliphatic heterocycles. The van der Waals surface area contributed by atoms with Crippen LogP contribution in [0.2, 0.25) is 0 Å². The minimum absolute atomic E-state index is 0.00815. The molecule has 2 fully saturated rings. The van der Waals surface area contributed by atoms with Gasteiger partial charge in [0.2, 0.25) is 11.8 Å². The van der Waals surface area contributed by atoms with Crippen LogP contribution in [-0.4, -0.2) is 89.9 Å². The van der Waals surface area contributed by atoms with E-state index >= 15 is 0 Å². The van der Waals surface area contributed by atoms with E-state index in [-0.39, 0.29) is 24.4 Å². The van der Waals surface area contributed by atoms with E-state index in [0.29, 0.717) is 6.04 Å². The van der Waals surface area contributed by atoms with Crippen LogP contribution in [0, 0.1) is 0 Å². The van der Waals surface area contributed by atoms with Crippen molar-refractivity contribution in [2.45, 2.75) is 38.8 Å². The van der Waals surface area contributed by atoms with E-state index in [9.17, 15) is 9.59 Å². The number of likely N-dealkylation sites (N-methyl/N-ethyl adjacent to an activating group) is 1. The first-order chi connectivity index (χ1) is 14.0. The number of para-hydroxylation sites is 1. The molecule has 0 radical (unpaired) electrons. The summed E-state index contributed by atoms with van der Waals surface area (Å²) in [5.41, 5.74) is 1.93. The molecular weight excluding hydrogens is 384 g/mol. The third kappa shape index (κ3) is 5.74. The highest BCUT2D eigenvalue weighted by atomic mass is 32.2. The van der Waals surface area contributed by atoms with E-state index in [0.717, 1.165) is 43.9 Å². The average Bonchev–Trinajstić information content (AvgIpc) is 3.28. The van der Waals surface area contributed by atoms with Gasteiger partial charge in [-0.05, 0) is 37.1 Å². The number of hydrogen-bond donors (Lipinski definition) is 1. The smallest absolute Gasteiger partial charge is 0.243 e. The van der Waals surface area contributed by atoms with Crippen LogP contribution in [0.1, 0.15) is 25.8 Å². The number of piperazine rings is 1. The lowest BCUT2D eigenvalue weighted by Crippen LogP contribution is -2.56. The number of thioether (sulfide) groups is 1. The number of hydrogen-bond acceptors (Lipinski definition) is 5. The Balaban J connectivity index is 1.47. The lowest BCUT2D eigenvalue weighted by molar-refractivity contribution is -0.138. The quantitative estimate of drug-likeness (QED) is 0.735. The zero-order valence-electron chi connectivity index (χ0n) is 17.9. The summed E-state index contributed by atoms with van der Waals surface area (Å²) in [6, 6.07) is 8.31. The summed E-state index contributed by atoms with van der Waals surface area (Å²) in [5.74, 6) is 2.37. The van der Waals surface area contributed by atoms with E-state index in [2.05, 4.69) is 22.0 Å². The van der Waals surface area contributed by atoms with Gasteiger partial charge in [-0.1, -0.05) is 25.1 Å². The Morgan fingerprint density at radius 1 is 1.24 bits per heavy atom. The average molecular weight is 419 g/mol. The summed E-state index contributed by atoms with van der Waals surface area (Å²) >= 11 is 2.05. The molecule has 1 aromatic carbocycles. The monoisotopic (exact) mass is 418 g/mol. The summed E-state index contributed by atoms with van der Waals surface area (Å²) in [5, 5.41) is 2.95. The SMILES string of the molecule is CCc1ccccc1NC(=O)CN(C)C(=O)[C@H](C)N1CCN([C@@H]2CCSC2)CC1. The van der Waals surface area contributed by atoms with Gasteiger partial charge >= 0.3 is 0 Å². The molecule has 0 unspecified atom stereocenters. The lowest BCUT2D eigenvalue weighted by Gasteiger charge is -2.40. The third-order valence-electron chi connectivity index (χ3n) is 6.11. The molecule has 2 atom stereocenters. The summed E-state index contributed by atoms with van der Waals surface area (Å²) in [4.78, 5) is 31.7. The fourth-order valence-electron chi connectivity index (χ4n) is 4.21. The van der Waals surface area contributed by atoms with E-state index < -0.39 is 0 Å². The largest absolute Gasteiger partial charge is 0.335 e. The summed E-state index contributed by atoms with van der Waals surface area (Å²) in [7, 11) is 1.72. The van der Waals surface area contributed by atoms with Crippen LogP contribution >= 0.6 is 11.8 Å². The molecule has 0 aliphatic carbocycles. The molecule has 6 nitrogen and oxygen atoms in total. The molecule has 2 aliphatic rings. The van der Waals surface area contributed by atoms with E-state index in [1.165, 1.54) is 17.9 Å². The van der Waals surface area contributed by atoms with Gasteiger partial charge in [-0.2, -0.15) is 11.8 Å². The predicted molar refractivity (Wildman–Crippen MR) is 120 cm³/mol. The molecule has 160 valence electrons. The molecule has 2 amide bonds. The fourth-order valence-corrected chi connectivity index (χ4v) is 5.46. The third-order valence-corrected chi connectivity index (χ3v) is 7.25. The molecular formula is C22H34N4O2S. The van der Waals surface area contributed by atoms with Crippen LogP contribution in [0.15, 0.2) is 24.3 Å². The van der Waals surface area contributed by atoms with Crippen LogP contribution in [0.3, 0.4) is 0 Å². The summed E-state index contributed by atoms with van der Waals surface area (Å²) in [6.45, 7) is 7.98. The van der Waals surface area contributed by atoms with Gasteiger partial charge in [0.05, 0.1) is 12.6 Å². The number of benzene rings is 1. The van der Waals surface area contributed by atoms with Crippen LogP contribution in [-0.2, 0) is 16.0 Å². The second kappa shape index (κ2) is 10.5. The Kier molecular flexibility index (Phi) is 7.98. The second-order valence-corrected chi connectivity index (χ2v) is 9.17. The van der Waals surface area contributed by atoms with Crippen molar-refractivity contribution in [3.8, 4) is 0 Å². The van der Waals surface area contributed by atoms with E-state index in [1.807, 2.05) is 43.0 Å². The van der Waals surface area contributed by atoms with Gasteiger partial charge in [-0.3, -0.25) is 19.4 Å². The van der Waals surface area contributed by atoms with Gasteiger partial charge in [-0.15, -0.1) is 0 Å². The molecule has 7 heteroatoms. The second-order valence-electron chi connectivity index (χ2n) is 8.02. The van der Waals surface area contributed by atoms with Gasteiger partial charge in [0.1, 0.15) is 0 Å². The van der Waals surface area contributed by atoms with E-state index in [1.54, 1.807) is 11.9 Å². The van der Waals surface area contributed by atoms with Crippen LogP contribution in [0.25, 0.3) is 0 Å². The Bertz CT molecular complexity index is 700. The van der Waals surface area contributed by atoms with Gasteiger partial charge in [0.15, 0.2) is 0 Å². The van der Waals surface area contributed by atoms with Crippen molar-refractivity contribution < 1.29 is 9.59 Å². The maximum atomic E-state index is 12.9. The van der Waals surface area contributed by atoms with Crippen LogP contribution < -0.4 is 5.32 Å². The molecule has 1 N–H and O–H groups in total. The number of carbonyl (C=O) groups excluding carboxylic acids is 2. The van der Waals surface area contributed by atoms with Crippen molar-refractivity contribution >= 4 is 29.3 Å². The first kappa shape index (κ1) is 22.1. The molecule has 29 heavy (non-hydrogen) atoms. The maximum Gasteiger partial charge on any atom is 0.243 e. The molecule has 1 aromatic rings. The number of nitrogens with one attached hydrogen (secondary N) is 1. The van der Waals surface area contributed by atoms with Gasteiger partial charge in [0.25, 0.3) is 0 Å². The van der Waals surface area contributed by atoms with Crippen LogP contribution in [0.4, 0.5) is 5.69 Å². The minimum Gasteiger partial charge on any atom is -0.335 e. The molecule has 2 heterocycles. The van der Waals surface area contributed by atoms with Crippen molar-refractivity contribution in [1.29, 1.82) is 0 Å². The lowest BCUT2D eigenvalue weighted by atomic mass is 10.1. The summed E-state index contributed by atoms with van der Waals surface area (Å²) < 4.78 is 0.